The summed E-state index contributed by atoms with van der Waals surface area (Å²) in [4.78, 5) is 15.9. The van der Waals surface area contributed by atoms with E-state index < -0.39 is 0 Å². The summed E-state index contributed by atoms with van der Waals surface area (Å²) >= 11 is 0. The third kappa shape index (κ3) is 10.1. The van der Waals surface area contributed by atoms with Crippen molar-refractivity contribution in [2.24, 2.45) is 4.99 Å². The standard InChI is InChI=1S/C16H25FN4O.HI/c1-4-18-16(19-9-8-15(22)21-12(2)3)20-11-13-6-5-7-14(17)10-13;/h5-7,10,12H,4,8-9,11H2,1-3H3,(H,21,22)(H2,18,19,20);1H. The van der Waals surface area contributed by atoms with Crippen LogP contribution in [0.25, 0.3) is 0 Å². The van der Waals surface area contributed by atoms with Crippen LogP contribution in [0.5, 0.6) is 0 Å². The molecule has 0 unspecified atom stereocenters. The molecule has 0 aliphatic carbocycles. The molecule has 0 aromatic heterocycles. The largest absolute Gasteiger partial charge is 0.357 e. The summed E-state index contributed by atoms with van der Waals surface area (Å²) in [5, 5.41) is 9.02. The van der Waals surface area contributed by atoms with Crippen LogP contribution < -0.4 is 16.0 Å². The molecule has 7 heteroatoms. The lowest BCUT2D eigenvalue weighted by Crippen LogP contribution is -2.40. The van der Waals surface area contributed by atoms with E-state index in [-0.39, 0.29) is 41.7 Å². The van der Waals surface area contributed by atoms with Crippen LogP contribution in [-0.4, -0.2) is 31.0 Å². The number of rotatable bonds is 7. The summed E-state index contributed by atoms with van der Waals surface area (Å²) in [6.07, 6.45) is 0.378. The van der Waals surface area contributed by atoms with Crippen LogP contribution in [0.3, 0.4) is 0 Å². The number of carbonyl (C=O) groups is 1. The van der Waals surface area contributed by atoms with Crippen molar-refractivity contribution in [1.29, 1.82) is 0 Å². The molecule has 0 atom stereocenters. The van der Waals surface area contributed by atoms with Gasteiger partial charge in [-0.2, -0.15) is 0 Å². The van der Waals surface area contributed by atoms with Crippen LogP contribution in [0.1, 0.15) is 32.8 Å². The Hall–Kier alpha value is -1.38. The van der Waals surface area contributed by atoms with Gasteiger partial charge >= 0.3 is 0 Å². The minimum atomic E-state index is -0.268. The van der Waals surface area contributed by atoms with Crippen molar-refractivity contribution in [1.82, 2.24) is 16.0 Å². The van der Waals surface area contributed by atoms with Crippen LogP contribution >= 0.6 is 24.0 Å². The van der Waals surface area contributed by atoms with Crippen LogP contribution in [-0.2, 0) is 11.3 Å². The van der Waals surface area contributed by atoms with E-state index in [1.807, 2.05) is 26.8 Å². The first-order valence-electron chi connectivity index (χ1n) is 7.57. The predicted molar refractivity (Wildman–Crippen MR) is 103 cm³/mol. The first-order valence-corrected chi connectivity index (χ1v) is 7.57. The normalized spacial score (nSPS) is 10.9. The second kappa shape index (κ2) is 12.1. The lowest BCUT2D eigenvalue weighted by atomic mass is 10.2. The minimum absolute atomic E-state index is 0. The van der Waals surface area contributed by atoms with E-state index in [1.54, 1.807) is 6.07 Å². The molecule has 1 aromatic rings. The fourth-order valence-corrected chi connectivity index (χ4v) is 1.84. The first kappa shape index (κ1) is 21.6. The van der Waals surface area contributed by atoms with Crippen LogP contribution in [0.4, 0.5) is 4.39 Å². The molecule has 0 bridgehead atoms. The number of amides is 1. The van der Waals surface area contributed by atoms with Crippen molar-refractivity contribution in [2.75, 3.05) is 13.1 Å². The molecule has 5 nitrogen and oxygen atoms in total. The molecule has 0 aliphatic rings. The quantitative estimate of drug-likeness (QED) is 0.350. The SMILES string of the molecule is CCNC(=NCc1cccc(F)c1)NCCC(=O)NC(C)C.I. The molecule has 0 fully saturated rings. The van der Waals surface area contributed by atoms with Gasteiger partial charge in [-0.3, -0.25) is 4.79 Å². The summed E-state index contributed by atoms with van der Waals surface area (Å²) in [6, 6.07) is 6.50. The van der Waals surface area contributed by atoms with Gasteiger partial charge in [-0.15, -0.1) is 24.0 Å². The van der Waals surface area contributed by atoms with Crippen LogP contribution in [0, 0.1) is 5.82 Å². The molecule has 23 heavy (non-hydrogen) atoms. The zero-order valence-corrected chi connectivity index (χ0v) is 16.2. The van der Waals surface area contributed by atoms with Gasteiger partial charge in [0.2, 0.25) is 5.91 Å². The van der Waals surface area contributed by atoms with Crippen LogP contribution in [0.2, 0.25) is 0 Å². The fraction of sp³-hybridized carbons (Fsp3) is 0.500. The van der Waals surface area contributed by atoms with Gasteiger partial charge in [0, 0.05) is 25.6 Å². The Morgan fingerprint density at radius 1 is 1.30 bits per heavy atom. The lowest BCUT2D eigenvalue weighted by molar-refractivity contribution is -0.121. The van der Waals surface area contributed by atoms with Gasteiger partial charge in [-0.1, -0.05) is 12.1 Å². The van der Waals surface area contributed by atoms with Crippen molar-refractivity contribution < 1.29 is 9.18 Å². The van der Waals surface area contributed by atoms with Gasteiger partial charge in [0.1, 0.15) is 5.82 Å². The molecule has 1 rings (SSSR count). The Labute approximate surface area is 154 Å². The summed E-state index contributed by atoms with van der Waals surface area (Å²) in [7, 11) is 0. The Bertz CT molecular complexity index is 509. The summed E-state index contributed by atoms with van der Waals surface area (Å²) < 4.78 is 13.1. The highest BCUT2D eigenvalue weighted by Gasteiger charge is 2.04. The Balaban J connectivity index is 0.00000484. The van der Waals surface area contributed by atoms with E-state index in [0.29, 0.717) is 32.0 Å². The first-order chi connectivity index (χ1) is 10.5. The average Bonchev–Trinajstić information content (AvgIpc) is 2.44. The molecule has 0 aliphatic heterocycles. The van der Waals surface area contributed by atoms with Gasteiger partial charge in [-0.05, 0) is 38.5 Å². The van der Waals surface area contributed by atoms with E-state index >= 15 is 0 Å². The van der Waals surface area contributed by atoms with Crippen molar-refractivity contribution in [3.8, 4) is 0 Å². The number of benzene rings is 1. The Kier molecular flexibility index (Phi) is 11.4. The number of hydrogen-bond acceptors (Lipinski definition) is 2. The molecule has 0 saturated heterocycles. The van der Waals surface area contributed by atoms with E-state index in [2.05, 4.69) is 20.9 Å². The Morgan fingerprint density at radius 3 is 2.65 bits per heavy atom. The van der Waals surface area contributed by atoms with Gasteiger partial charge in [-0.25, -0.2) is 9.38 Å². The maximum absolute atomic E-state index is 13.1. The third-order valence-electron chi connectivity index (χ3n) is 2.75. The number of aliphatic imine (C=N–C) groups is 1. The molecule has 3 N–H and O–H groups in total. The maximum atomic E-state index is 13.1. The highest BCUT2D eigenvalue weighted by atomic mass is 127. The molecule has 0 spiro atoms. The molecule has 0 heterocycles. The van der Waals surface area contributed by atoms with Gasteiger partial charge in [0.05, 0.1) is 6.54 Å². The van der Waals surface area contributed by atoms with E-state index in [1.165, 1.54) is 12.1 Å². The molecule has 0 saturated carbocycles. The molecule has 0 radical (unpaired) electrons. The zero-order chi connectivity index (χ0) is 16.4. The predicted octanol–water partition coefficient (Wildman–Crippen LogP) is 2.41. The summed E-state index contributed by atoms with van der Waals surface area (Å²) in [5.74, 6) is 0.351. The second-order valence-corrected chi connectivity index (χ2v) is 5.22. The van der Waals surface area contributed by atoms with Crippen molar-refractivity contribution in [3.63, 3.8) is 0 Å². The zero-order valence-electron chi connectivity index (χ0n) is 13.9. The van der Waals surface area contributed by atoms with E-state index in [4.69, 9.17) is 0 Å². The van der Waals surface area contributed by atoms with Crippen molar-refractivity contribution in [2.45, 2.75) is 39.8 Å². The number of halogens is 2. The molecule has 1 aromatic carbocycles. The van der Waals surface area contributed by atoms with Gasteiger partial charge < -0.3 is 16.0 Å². The van der Waals surface area contributed by atoms with Gasteiger partial charge in [0.15, 0.2) is 5.96 Å². The highest BCUT2D eigenvalue weighted by molar-refractivity contribution is 14.0. The number of nitrogens with zero attached hydrogens (tertiary/aromatic N) is 1. The van der Waals surface area contributed by atoms with Crippen molar-refractivity contribution >= 4 is 35.8 Å². The van der Waals surface area contributed by atoms with Gasteiger partial charge in [0.25, 0.3) is 0 Å². The minimum Gasteiger partial charge on any atom is -0.357 e. The summed E-state index contributed by atoms with van der Waals surface area (Å²) in [6.45, 7) is 7.41. The maximum Gasteiger partial charge on any atom is 0.221 e. The van der Waals surface area contributed by atoms with Crippen LogP contribution in [0.15, 0.2) is 29.3 Å². The van der Waals surface area contributed by atoms with E-state index in [0.717, 1.165) is 5.56 Å². The van der Waals surface area contributed by atoms with Crippen molar-refractivity contribution in [3.05, 3.63) is 35.6 Å². The fourth-order valence-electron chi connectivity index (χ4n) is 1.84. The summed E-state index contributed by atoms with van der Waals surface area (Å²) in [5.41, 5.74) is 0.801. The highest BCUT2D eigenvalue weighted by Crippen LogP contribution is 2.04. The third-order valence-corrected chi connectivity index (χ3v) is 2.75. The molecular formula is C16H26FIN4O. The molecular weight excluding hydrogens is 410 g/mol. The lowest BCUT2D eigenvalue weighted by Gasteiger charge is -2.12. The molecule has 1 amide bonds. The van der Waals surface area contributed by atoms with E-state index in [9.17, 15) is 9.18 Å². The Morgan fingerprint density at radius 2 is 2.04 bits per heavy atom. The topological polar surface area (TPSA) is 65.5 Å². The number of hydrogen-bond donors (Lipinski definition) is 3. The smallest absolute Gasteiger partial charge is 0.221 e. The number of guanidine groups is 1. The molecule has 130 valence electrons. The average molecular weight is 436 g/mol. The monoisotopic (exact) mass is 436 g/mol. The second-order valence-electron chi connectivity index (χ2n) is 5.22. The number of carbonyl (C=O) groups excluding carboxylic acids is 1. The number of nitrogens with one attached hydrogen (secondary N) is 3.